The Morgan fingerprint density at radius 2 is 2.00 bits per heavy atom. The lowest BCUT2D eigenvalue weighted by Crippen LogP contribution is -2.28. The maximum absolute atomic E-state index is 11.5. The third kappa shape index (κ3) is 2.80. The second-order valence-electron chi connectivity index (χ2n) is 5.38. The van der Waals surface area contributed by atoms with Crippen LogP contribution in [0.15, 0.2) is 18.2 Å². The Bertz CT molecular complexity index is 483. The van der Waals surface area contributed by atoms with E-state index in [0.717, 1.165) is 24.5 Å². The van der Waals surface area contributed by atoms with Gasteiger partial charge < -0.3 is 15.3 Å². The summed E-state index contributed by atoms with van der Waals surface area (Å²) in [6.45, 7) is 8.55. The largest absolute Gasteiger partial charge is 0.378 e. The van der Waals surface area contributed by atoms with Crippen LogP contribution in [0.25, 0.3) is 0 Å². The summed E-state index contributed by atoms with van der Waals surface area (Å²) in [5.74, 6) is 0.351. The molecule has 0 spiro atoms. The number of carbonyl (C=O) groups is 1. The van der Waals surface area contributed by atoms with E-state index >= 15 is 0 Å². The highest BCUT2D eigenvalue weighted by molar-refractivity contribution is 6.02. The molecule has 1 heterocycles. The second-order valence-corrected chi connectivity index (χ2v) is 5.38. The van der Waals surface area contributed by atoms with Crippen LogP contribution in [0.5, 0.6) is 0 Å². The van der Waals surface area contributed by atoms with Gasteiger partial charge in [-0.15, -0.1) is 0 Å². The monoisotopic (exact) mass is 276 g/mol. The maximum atomic E-state index is 11.5. The van der Waals surface area contributed by atoms with Crippen LogP contribution < -0.4 is 10.2 Å². The van der Waals surface area contributed by atoms with Gasteiger partial charge in [-0.2, -0.15) is 0 Å². The van der Waals surface area contributed by atoms with Gasteiger partial charge >= 0.3 is 0 Å². The molecule has 0 aromatic heterocycles. The van der Waals surface area contributed by atoms with Crippen molar-refractivity contribution in [3.63, 3.8) is 0 Å². The van der Waals surface area contributed by atoms with Crippen molar-refractivity contribution in [1.82, 2.24) is 0 Å². The van der Waals surface area contributed by atoms with Gasteiger partial charge in [0.1, 0.15) is 0 Å². The summed E-state index contributed by atoms with van der Waals surface area (Å²) in [7, 11) is 0. The second kappa shape index (κ2) is 6.27. The fourth-order valence-electron chi connectivity index (χ4n) is 2.71. The smallest absolute Gasteiger partial charge is 0.257 e. The number of fused-ring (bicyclic) bond motifs is 1. The molecule has 2 rings (SSSR count). The Kier molecular flexibility index (Phi) is 4.65. The lowest BCUT2D eigenvalue weighted by atomic mass is 10.0. The van der Waals surface area contributed by atoms with Gasteiger partial charge in [-0.25, -0.2) is 0 Å². The first kappa shape index (κ1) is 14.9. The standard InChI is InChI=1S/C16H24N2O2/c1-4-11(5-2)10-18(6-3)12-7-8-13-14(9-12)17-16(20)15(13)19/h7-9,11,15,19H,4-6,10H2,1-3H3,(H,17,20). The Balaban J connectivity index is 2.20. The van der Waals surface area contributed by atoms with Crippen LogP contribution in [-0.4, -0.2) is 24.1 Å². The Labute approximate surface area is 120 Å². The van der Waals surface area contributed by atoms with Gasteiger partial charge in [-0.1, -0.05) is 32.8 Å². The van der Waals surface area contributed by atoms with E-state index in [1.165, 1.54) is 12.8 Å². The molecule has 1 aromatic rings. The highest BCUT2D eigenvalue weighted by Crippen LogP contribution is 2.34. The summed E-state index contributed by atoms with van der Waals surface area (Å²) in [6, 6.07) is 5.81. The van der Waals surface area contributed by atoms with Gasteiger partial charge in [0.2, 0.25) is 0 Å². The van der Waals surface area contributed by atoms with Crippen molar-refractivity contribution in [1.29, 1.82) is 0 Å². The SMILES string of the molecule is CCC(CC)CN(CC)c1ccc2c(c1)NC(=O)C2O. The van der Waals surface area contributed by atoms with E-state index in [1.807, 2.05) is 18.2 Å². The first-order chi connectivity index (χ1) is 9.60. The van der Waals surface area contributed by atoms with Crippen LogP contribution in [0.4, 0.5) is 11.4 Å². The van der Waals surface area contributed by atoms with Crippen molar-refractivity contribution < 1.29 is 9.90 Å². The molecule has 2 N–H and O–H groups in total. The molecule has 0 saturated carbocycles. The predicted molar refractivity (Wildman–Crippen MR) is 82.0 cm³/mol. The van der Waals surface area contributed by atoms with Gasteiger partial charge in [-0.05, 0) is 25.0 Å². The molecule has 4 heteroatoms. The number of hydrogen-bond donors (Lipinski definition) is 2. The molecule has 0 bridgehead atoms. The maximum Gasteiger partial charge on any atom is 0.257 e. The molecule has 4 nitrogen and oxygen atoms in total. The van der Waals surface area contributed by atoms with Crippen LogP contribution in [-0.2, 0) is 4.79 Å². The fraction of sp³-hybridized carbons (Fsp3) is 0.562. The molecule has 0 fully saturated rings. The summed E-state index contributed by atoms with van der Waals surface area (Å²) < 4.78 is 0. The lowest BCUT2D eigenvalue weighted by Gasteiger charge is -2.28. The normalized spacial score (nSPS) is 17.2. The van der Waals surface area contributed by atoms with Crippen LogP contribution in [0.1, 0.15) is 45.3 Å². The quantitative estimate of drug-likeness (QED) is 0.840. The van der Waals surface area contributed by atoms with Crippen molar-refractivity contribution in [2.75, 3.05) is 23.3 Å². The molecule has 1 unspecified atom stereocenters. The van der Waals surface area contributed by atoms with Crippen LogP contribution >= 0.6 is 0 Å². The van der Waals surface area contributed by atoms with E-state index in [0.29, 0.717) is 11.5 Å². The number of nitrogens with one attached hydrogen (secondary N) is 1. The summed E-state index contributed by atoms with van der Waals surface area (Å²) in [6.07, 6.45) is 1.33. The first-order valence-electron chi connectivity index (χ1n) is 7.48. The van der Waals surface area contributed by atoms with Crippen molar-refractivity contribution in [3.8, 4) is 0 Å². The van der Waals surface area contributed by atoms with E-state index < -0.39 is 6.10 Å². The van der Waals surface area contributed by atoms with Gasteiger partial charge in [0.05, 0.1) is 0 Å². The molecule has 1 aliphatic rings. The zero-order valence-corrected chi connectivity index (χ0v) is 12.5. The molecule has 0 aliphatic carbocycles. The molecule has 20 heavy (non-hydrogen) atoms. The molecule has 110 valence electrons. The number of rotatable bonds is 6. The van der Waals surface area contributed by atoms with E-state index in [-0.39, 0.29) is 5.91 Å². The Hall–Kier alpha value is -1.55. The minimum absolute atomic E-state index is 0.333. The number of nitrogens with zero attached hydrogens (tertiary/aromatic N) is 1. The zero-order chi connectivity index (χ0) is 14.7. The highest BCUT2D eigenvalue weighted by atomic mass is 16.3. The molecule has 0 saturated heterocycles. The molecule has 0 radical (unpaired) electrons. The molecule has 1 aliphatic heterocycles. The number of anilines is 2. The van der Waals surface area contributed by atoms with Gasteiger partial charge in [0.25, 0.3) is 5.91 Å². The Morgan fingerprint density at radius 3 is 2.60 bits per heavy atom. The first-order valence-corrected chi connectivity index (χ1v) is 7.48. The van der Waals surface area contributed by atoms with Gasteiger partial charge in [0.15, 0.2) is 6.10 Å². The third-order valence-electron chi connectivity index (χ3n) is 4.22. The number of aliphatic hydroxyl groups is 1. The summed E-state index contributed by atoms with van der Waals surface area (Å²) in [5.41, 5.74) is 2.52. The average molecular weight is 276 g/mol. The number of carbonyl (C=O) groups excluding carboxylic acids is 1. The molecule has 1 amide bonds. The van der Waals surface area contributed by atoms with Crippen LogP contribution in [0.3, 0.4) is 0 Å². The number of amides is 1. The minimum atomic E-state index is -1.02. The number of benzene rings is 1. The molecule has 1 aromatic carbocycles. The number of hydrogen-bond acceptors (Lipinski definition) is 3. The van der Waals surface area contributed by atoms with E-state index in [1.54, 1.807) is 0 Å². The minimum Gasteiger partial charge on any atom is -0.378 e. The van der Waals surface area contributed by atoms with Gasteiger partial charge in [0, 0.05) is 30.0 Å². The predicted octanol–water partition coefficient (Wildman–Crippen LogP) is 2.93. The van der Waals surface area contributed by atoms with Gasteiger partial charge in [-0.3, -0.25) is 4.79 Å². The molecular formula is C16H24N2O2. The molecular weight excluding hydrogens is 252 g/mol. The number of aliphatic hydroxyl groups excluding tert-OH is 1. The third-order valence-corrected chi connectivity index (χ3v) is 4.22. The summed E-state index contributed by atoms with van der Waals surface area (Å²) >= 11 is 0. The van der Waals surface area contributed by atoms with E-state index in [4.69, 9.17) is 0 Å². The summed E-state index contributed by atoms with van der Waals surface area (Å²) in [4.78, 5) is 13.8. The molecule has 1 atom stereocenters. The topological polar surface area (TPSA) is 52.6 Å². The summed E-state index contributed by atoms with van der Waals surface area (Å²) in [5, 5.41) is 12.5. The average Bonchev–Trinajstić information content (AvgIpc) is 2.75. The van der Waals surface area contributed by atoms with E-state index in [2.05, 4.69) is 31.0 Å². The van der Waals surface area contributed by atoms with E-state index in [9.17, 15) is 9.90 Å². The lowest BCUT2D eigenvalue weighted by molar-refractivity contribution is -0.123. The van der Waals surface area contributed by atoms with Crippen molar-refractivity contribution in [2.45, 2.75) is 39.7 Å². The zero-order valence-electron chi connectivity index (χ0n) is 12.5. The fourth-order valence-corrected chi connectivity index (χ4v) is 2.71. The highest BCUT2D eigenvalue weighted by Gasteiger charge is 2.28. The van der Waals surface area contributed by atoms with Crippen LogP contribution in [0, 0.1) is 5.92 Å². The van der Waals surface area contributed by atoms with Crippen molar-refractivity contribution in [3.05, 3.63) is 23.8 Å². The van der Waals surface area contributed by atoms with Crippen molar-refractivity contribution in [2.24, 2.45) is 5.92 Å². The Morgan fingerprint density at radius 1 is 1.30 bits per heavy atom. The van der Waals surface area contributed by atoms with Crippen LogP contribution in [0.2, 0.25) is 0 Å². The van der Waals surface area contributed by atoms with Crippen molar-refractivity contribution >= 4 is 17.3 Å².